The van der Waals surface area contributed by atoms with Crippen LogP contribution in [0.1, 0.15) is 56.4 Å². The lowest BCUT2D eigenvalue weighted by molar-refractivity contribution is -0.134. The average Bonchev–Trinajstić information content (AvgIpc) is 3.34. The highest BCUT2D eigenvalue weighted by Gasteiger charge is 2.37. The first kappa shape index (κ1) is 17.9. The second-order valence-corrected chi connectivity index (χ2v) is 8.31. The van der Waals surface area contributed by atoms with Gasteiger partial charge in [0.25, 0.3) is 0 Å². The third-order valence-corrected chi connectivity index (χ3v) is 6.58. The molecule has 0 radical (unpaired) electrons. The van der Waals surface area contributed by atoms with Crippen molar-refractivity contribution >= 4 is 5.91 Å². The molecule has 0 bridgehead atoms. The van der Waals surface area contributed by atoms with Crippen LogP contribution in [0.25, 0.3) is 0 Å². The van der Waals surface area contributed by atoms with Crippen LogP contribution in [0.5, 0.6) is 0 Å². The summed E-state index contributed by atoms with van der Waals surface area (Å²) < 4.78 is 13.3. The maximum absolute atomic E-state index is 13.3. The fourth-order valence-corrected chi connectivity index (χ4v) is 5.12. The van der Waals surface area contributed by atoms with Crippen molar-refractivity contribution < 1.29 is 9.18 Å². The van der Waals surface area contributed by atoms with Gasteiger partial charge in [-0.25, -0.2) is 4.39 Å². The number of hydrogen-bond acceptors (Lipinski definition) is 3. The molecule has 0 spiro atoms. The van der Waals surface area contributed by atoms with Crippen molar-refractivity contribution in [1.82, 2.24) is 15.8 Å². The number of piperidine rings is 1. The van der Waals surface area contributed by atoms with Crippen molar-refractivity contribution in [1.29, 1.82) is 0 Å². The van der Waals surface area contributed by atoms with E-state index in [0.29, 0.717) is 29.7 Å². The third kappa shape index (κ3) is 3.94. The topological polar surface area (TPSA) is 44.4 Å². The Morgan fingerprint density at radius 1 is 1.12 bits per heavy atom. The molecule has 3 fully saturated rings. The lowest BCUT2D eigenvalue weighted by atomic mass is 9.81. The number of likely N-dealkylation sites (tertiary alicyclic amines) is 1. The van der Waals surface area contributed by atoms with Gasteiger partial charge in [0.1, 0.15) is 5.82 Å². The monoisotopic (exact) mass is 359 g/mol. The maximum atomic E-state index is 13.3. The molecule has 142 valence electrons. The molecule has 2 heterocycles. The fraction of sp³-hybridized carbons (Fsp3) is 0.667. The van der Waals surface area contributed by atoms with E-state index in [4.69, 9.17) is 0 Å². The molecule has 3 aliphatic rings. The van der Waals surface area contributed by atoms with Crippen molar-refractivity contribution in [2.24, 2.45) is 11.8 Å². The first-order valence-corrected chi connectivity index (χ1v) is 10.2. The molecule has 26 heavy (non-hydrogen) atoms. The van der Waals surface area contributed by atoms with Crippen LogP contribution in [0.15, 0.2) is 24.3 Å². The van der Waals surface area contributed by atoms with Gasteiger partial charge >= 0.3 is 0 Å². The number of hydrazine groups is 1. The molecule has 3 unspecified atom stereocenters. The second kappa shape index (κ2) is 8.05. The zero-order valence-electron chi connectivity index (χ0n) is 15.4. The molecule has 1 aromatic carbocycles. The van der Waals surface area contributed by atoms with Crippen LogP contribution in [-0.4, -0.2) is 36.5 Å². The summed E-state index contributed by atoms with van der Waals surface area (Å²) in [5.74, 6) is 1.55. The number of carbonyl (C=O) groups is 1. The summed E-state index contributed by atoms with van der Waals surface area (Å²) in [6.45, 7) is 2.61. The smallest absolute Gasteiger partial charge is 0.222 e. The van der Waals surface area contributed by atoms with Gasteiger partial charge in [0, 0.05) is 38.0 Å². The lowest BCUT2D eigenvalue weighted by Crippen LogP contribution is -2.48. The van der Waals surface area contributed by atoms with Crippen LogP contribution in [0.2, 0.25) is 0 Å². The lowest BCUT2D eigenvalue weighted by Gasteiger charge is -2.38. The van der Waals surface area contributed by atoms with Crippen LogP contribution in [0.4, 0.5) is 4.39 Å². The van der Waals surface area contributed by atoms with Crippen LogP contribution in [0, 0.1) is 17.7 Å². The van der Waals surface area contributed by atoms with Gasteiger partial charge in [-0.3, -0.25) is 15.6 Å². The minimum atomic E-state index is -0.189. The summed E-state index contributed by atoms with van der Waals surface area (Å²) in [4.78, 5) is 14.9. The first-order valence-electron chi connectivity index (χ1n) is 10.2. The molecule has 2 N–H and O–H groups in total. The van der Waals surface area contributed by atoms with Gasteiger partial charge in [-0.05, 0) is 55.2 Å². The van der Waals surface area contributed by atoms with Gasteiger partial charge in [-0.2, -0.15) is 0 Å². The molecule has 4 nitrogen and oxygen atoms in total. The third-order valence-electron chi connectivity index (χ3n) is 6.58. The SMILES string of the molecule is O=C(CC1CCCC1)N1CCCC(C2NNCC2c2ccc(F)cc2)C1. The Hall–Kier alpha value is -1.46. The molecule has 4 rings (SSSR count). The first-order chi connectivity index (χ1) is 12.7. The Kier molecular flexibility index (Phi) is 5.55. The molecule has 1 amide bonds. The normalized spacial score (nSPS) is 30.0. The molecule has 1 aromatic rings. The predicted molar refractivity (Wildman–Crippen MR) is 99.9 cm³/mol. The summed E-state index contributed by atoms with van der Waals surface area (Å²) in [5, 5.41) is 0. The van der Waals surface area contributed by atoms with Gasteiger partial charge in [0.2, 0.25) is 5.91 Å². The Bertz CT molecular complexity index is 614. The number of hydrogen-bond donors (Lipinski definition) is 2. The summed E-state index contributed by atoms with van der Waals surface area (Å²) >= 11 is 0. The highest BCUT2D eigenvalue weighted by Crippen LogP contribution is 2.33. The van der Waals surface area contributed by atoms with E-state index in [1.165, 1.54) is 31.2 Å². The van der Waals surface area contributed by atoms with Gasteiger partial charge in [0.15, 0.2) is 0 Å². The van der Waals surface area contributed by atoms with Crippen molar-refractivity contribution in [3.63, 3.8) is 0 Å². The van der Waals surface area contributed by atoms with E-state index in [9.17, 15) is 9.18 Å². The second-order valence-electron chi connectivity index (χ2n) is 8.31. The van der Waals surface area contributed by atoms with E-state index in [1.54, 1.807) is 12.1 Å². The Balaban J connectivity index is 1.39. The summed E-state index contributed by atoms with van der Waals surface area (Å²) in [7, 11) is 0. The van der Waals surface area contributed by atoms with Gasteiger partial charge in [-0.15, -0.1) is 0 Å². The minimum Gasteiger partial charge on any atom is -0.342 e. The number of nitrogens with one attached hydrogen (secondary N) is 2. The summed E-state index contributed by atoms with van der Waals surface area (Å²) in [5.41, 5.74) is 7.90. The molecule has 3 atom stereocenters. The highest BCUT2D eigenvalue weighted by molar-refractivity contribution is 5.76. The Morgan fingerprint density at radius 2 is 1.88 bits per heavy atom. The number of benzene rings is 1. The van der Waals surface area contributed by atoms with E-state index in [2.05, 4.69) is 15.8 Å². The van der Waals surface area contributed by atoms with Crippen molar-refractivity contribution in [2.75, 3.05) is 19.6 Å². The van der Waals surface area contributed by atoms with E-state index >= 15 is 0 Å². The van der Waals surface area contributed by atoms with Gasteiger partial charge in [-0.1, -0.05) is 25.0 Å². The average molecular weight is 359 g/mol. The summed E-state index contributed by atoms with van der Waals surface area (Å²) in [6.07, 6.45) is 7.99. The minimum absolute atomic E-state index is 0.189. The number of carbonyl (C=O) groups excluding carboxylic acids is 1. The van der Waals surface area contributed by atoms with E-state index in [0.717, 1.165) is 38.9 Å². The Labute approximate surface area is 155 Å². The Morgan fingerprint density at radius 3 is 2.65 bits per heavy atom. The number of amides is 1. The summed E-state index contributed by atoms with van der Waals surface area (Å²) in [6, 6.07) is 7.18. The van der Waals surface area contributed by atoms with Crippen molar-refractivity contribution in [3.8, 4) is 0 Å². The molecule has 1 aliphatic carbocycles. The number of nitrogens with zero attached hydrogens (tertiary/aromatic N) is 1. The van der Waals surface area contributed by atoms with Crippen LogP contribution in [0.3, 0.4) is 0 Å². The van der Waals surface area contributed by atoms with Crippen molar-refractivity contribution in [3.05, 3.63) is 35.6 Å². The van der Waals surface area contributed by atoms with Crippen LogP contribution < -0.4 is 10.9 Å². The molecule has 5 heteroatoms. The van der Waals surface area contributed by atoms with Crippen molar-refractivity contribution in [2.45, 2.75) is 56.9 Å². The van der Waals surface area contributed by atoms with Crippen LogP contribution >= 0.6 is 0 Å². The molecule has 2 aliphatic heterocycles. The zero-order chi connectivity index (χ0) is 17.9. The van der Waals surface area contributed by atoms with Gasteiger partial charge in [0.05, 0.1) is 0 Å². The van der Waals surface area contributed by atoms with E-state index in [1.807, 2.05) is 12.1 Å². The van der Waals surface area contributed by atoms with E-state index in [-0.39, 0.29) is 5.82 Å². The molecule has 0 aromatic heterocycles. The molecule has 2 saturated heterocycles. The number of rotatable bonds is 4. The van der Waals surface area contributed by atoms with Gasteiger partial charge < -0.3 is 4.90 Å². The molecular formula is C21H30FN3O. The predicted octanol–water partition coefficient (Wildman–Crippen LogP) is 3.20. The zero-order valence-corrected chi connectivity index (χ0v) is 15.4. The highest BCUT2D eigenvalue weighted by atomic mass is 19.1. The van der Waals surface area contributed by atoms with E-state index < -0.39 is 0 Å². The standard InChI is InChI=1S/C21H30FN3O/c22-18-9-7-16(8-10-18)19-13-23-24-21(19)17-6-3-11-25(14-17)20(26)12-15-4-1-2-5-15/h7-10,15,17,19,21,23-24H,1-6,11-14H2. The van der Waals surface area contributed by atoms with Crippen LogP contribution in [-0.2, 0) is 4.79 Å². The molecular weight excluding hydrogens is 329 g/mol. The fourth-order valence-electron chi connectivity index (χ4n) is 5.12. The number of halogens is 1. The molecule has 1 saturated carbocycles. The maximum Gasteiger partial charge on any atom is 0.222 e. The quantitative estimate of drug-likeness (QED) is 0.868. The largest absolute Gasteiger partial charge is 0.342 e.